The van der Waals surface area contributed by atoms with Gasteiger partial charge in [0, 0.05) is 13.0 Å². The Morgan fingerprint density at radius 3 is 2.66 bits per heavy atom. The van der Waals surface area contributed by atoms with Gasteiger partial charge in [-0.15, -0.1) is 15.3 Å². The van der Waals surface area contributed by atoms with E-state index in [4.69, 9.17) is 4.74 Å². The molecule has 0 saturated carbocycles. The van der Waals surface area contributed by atoms with Gasteiger partial charge in [0.1, 0.15) is 28.6 Å². The van der Waals surface area contributed by atoms with Crippen molar-refractivity contribution >= 4 is 51.4 Å². The van der Waals surface area contributed by atoms with Crippen molar-refractivity contribution < 1.29 is 19.4 Å². The standard InChI is InChI=1S/C22H19N9O4/c1-11(2)35-22(34)26-16-8-20(33)18(25-12(3)32)7-17(16)29-27-14-4-5-15-19(6-14)31-21(30-28-15)13(9-23)10-24-31/h4-8,10-11,33H,1-3H3,(H,25,32)(H,26,34). The smallest absolute Gasteiger partial charge is 0.411 e. The van der Waals surface area contributed by atoms with Gasteiger partial charge >= 0.3 is 6.09 Å². The van der Waals surface area contributed by atoms with E-state index in [1.54, 1.807) is 32.0 Å². The normalized spacial score (nSPS) is 11.2. The van der Waals surface area contributed by atoms with E-state index in [0.717, 1.165) is 0 Å². The van der Waals surface area contributed by atoms with Crippen LogP contribution in [-0.2, 0) is 9.53 Å². The largest absolute Gasteiger partial charge is 0.506 e. The summed E-state index contributed by atoms with van der Waals surface area (Å²) in [6, 6.07) is 9.58. The molecule has 2 heterocycles. The van der Waals surface area contributed by atoms with Crippen LogP contribution in [0.2, 0.25) is 0 Å². The summed E-state index contributed by atoms with van der Waals surface area (Å²) in [6.07, 6.45) is 0.279. The second-order valence-corrected chi connectivity index (χ2v) is 7.63. The SMILES string of the molecule is CC(=O)Nc1cc(N=Nc2ccc3nnc4c(C#N)cnn4c3c2)c(NC(=O)OC(C)C)cc1O. The Bertz CT molecular complexity index is 1540. The van der Waals surface area contributed by atoms with E-state index < -0.39 is 12.0 Å². The molecule has 35 heavy (non-hydrogen) atoms. The van der Waals surface area contributed by atoms with Crippen LogP contribution >= 0.6 is 0 Å². The molecule has 2 aromatic carbocycles. The molecule has 0 aliphatic rings. The summed E-state index contributed by atoms with van der Waals surface area (Å²) in [6.45, 7) is 4.67. The predicted molar refractivity (Wildman–Crippen MR) is 125 cm³/mol. The van der Waals surface area contributed by atoms with Gasteiger partial charge in [0.15, 0.2) is 5.65 Å². The number of ether oxygens (including phenoxy) is 1. The first-order valence-electron chi connectivity index (χ1n) is 10.3. The van der Waals surface area contributed by atoms with Crippen molar-refractivity contribution in [3.63, 3.8) is 0 Å². The van der Waals surface area contributed by atoms with E-state index in [9.17, 15) is 20.0 Å². The number of rotatable bonds is 5. The van der Waals surface area contributed by atoms with Gasteiger partial charge in [-0.25, -0.2) is 9.31 Å². The Labute approximate surface area is 198 Å². The second-order valence-electron chi connectivity index (χ2n) is 7.63. The molecule has 0 aliphatic heterocycles. The number of carbonyl (C=O) groups is 2. The Morgan fingerprint density at radius 2 is 1.94 bits per heavy atom. The lowest BCUT2D eigenvalue weighted by atomic mass is 10.2. The fourth-order valence-corrected chi connectivity index (χ4v) is 3.14. The Morgan fingerprint density at radius 1 is 1.14 bits per heavy atom. The third-order valence-electron chi connectivity index (χ3n) is 4.58. The van der Waals surface area contributed by atoms with Gasteiger partial charge in [-0.2, -0.15) is 15.5 Å². The van der Waals surface area contributed by atoms with Crippen LogP contribution in [0.3, 0.4) is 0 Å². The minimum absolute atomic E-state index is 0.0882. The molecule has 13 nitrogen and oxygen atoms in total. The van der Waals surface area contributed by atoms with Gasteiger partial charge in [0.25, 0.3) is 0 Å². The quantitative estimate of drug-likeness (QED) is 0.285. The van der Waals surface area contributed by atoms with Crippen LogP contribution in [-0.4, -0.2) is 43.0 Å². The molecule has 4 aromatic rings. The molecule has 176 valence electrons. The third kappa shape index (κ3) is 4.96. The number of phenolic OH excluding ortho intramolecular Hbond substituents is 1. The molecule has 0 unspecified atom stereocenters. The van der Waals surface area contributed by atoms with Crippen LogP contribution in [0.1, 0.15) is 26.3 Å². The van der Waals surface area contributed by atoms with Crippen molar-refractivity contribution in [2.75, 3.05) is 10.6 Å². The molecule has 0 spiro atoms. The van der Waals surface area contributed by atoms with E-state index in [0.29, 0.717) is 22.4 Å². The highest BCUT2D eigenvalue weighted by Crippen LogP contribution is 2.37. The summed E-state index contributed by atoms with van der Waals surface area (Å²) >= 11 is 0. The fraction of sp³-hybridized carbons (Fsp3) is 0.182. The van der Waals surface area contributed by atoms with Crippen LogP contribution in [0.15, 0.2) is 46.8 Å². The molecule has 0 fully saturated rings. The number of nitrogens with zero attached hydrogens (tertiary/aromatic N) is 7. The summed E-state index contributed by atoms with van der Waals surface area (Å²) in [5, 5.41) is 45.2. The van der Waals surface area contributed by atoms with Crippen molar-refractivity contribution in [2.45, 2.75) is 26.9 Å². The number of benzene rings is 2. The monoisotopic (exact) mass is 473 g/mol. The lowest BCUT2D eigenvalue weighted by molar-refractivity contribution is -0.114. The first-order valence-corrected chi connectivity index (χ1v) is 10.3. The summed E-state index contributed by atoms with van der Waals surface area (Å²) in [7, 11) is 0. The van der Waals surface area contributed by atoms with Crippen molar-refractivity contribution in [3.05, 3.63) is 42.1 Å². The number of fused-ring (bicyclic) bond motifs is 3. The van der Waals surface area contributed by atoms with Crippen LogP contribution in [0, 0.1) is 11.3 Å². The molecule has 0 radical (unpaired) electrons. The van der Waals surface area contributed by atoms with Crippen molar-refractivity contribution in [2.24, 2.45) is 10.2 Å². The number of hydrogen-bond acceptors (Lipinski definition) is 10. The Hall–Kier alpha value is -5.12. The van der Waals surface area contributed by atoms with Gasteiger partial charge in [-0.05, 0) is 38.1 Å². The topological polar surface area (TPSA) is 179 Å². The number of nitrogens with one attached hydrogen (secondary N) is 2. The average molecular weight is 473 g/mol. The first-order chi connectivity index (χ1) is 16.7. The predicted octanol–water partition coefficient (Wildman–Crippen LogP) is 4.19. The van der Waals surface area contributed by atoms with Gasteiger partial charge in [-0.1, -0.05) is 0 Å². The maximum absolute atomic E-state index is 12.1. The number of hydrogen-bond donors (Lipinski definition) is 3. The lowest BCUT2D eigenvalue weighted by Crippen LogP contribution is -2.18. The van der Waals surface area contributed by atoms with Gasteiger partial charge in [0.2, 0.25) is 5.91 Å². The summed E-state index contributed by atoms with van der Waals surface area (Å²) in [5.41, 5.74) is 2.43. The van der Waals surface area contributed by atoms with E-state index in [1.165, 1.54) is 29.8 Å². The average Bonchev–Trinajstić information content (AvgIpc) is 3.22. The molecule has 0 atom stereocenters. The molecule has 2 amide bonds. The van der Waals surface area contributed by atoms with Crippen molar-refractivity contribution in [3.8, 4) is 11.8 Å². The molecule has 13 heteroatoms. The van der Waals surface area contributed by atoms with Crippen LogP contribution < -0.4 is 10.6 Å². The maximum atomic E-state index is 12.1. The number of aromatic hydroxyl groups is 1. The van der Waals surface area contributed by atoms with E-state index in [-0.39, 0.29) is 34.5 Å². The summed E-state index contributed by atoms with van der Waals surface area (Å²) in [4.78, 5) is 23.6. The number of carbonyl (C=O) groups excluding carboxylic acids is 2. The highest BCUT2D eigenvalue weighted by molar-refractivity contribution is 5.95. The van der Waals surface area contributed by atoms with E-state index >= 15 is 0 Å². The van der Waals surface area contributed by atoms with Crippen molar-refractivity contribution in [1.82, 2.24) is 19.8 Å². The number of azo groups is 1. The molecule has 3 N–H and O–H groups in total. The second kappa shape index (κ2) is 9.40. The van der Waals surface area contributed by atoms with Gasteiger partial charge in [-0.3, -0.25) is 10.1 Å². The van der Waals surface area contributed by atoms with Gasteiger partial charge < -0.3 is 15.2 Å². The van der Waals surface area contributed by atoms with E-state index in [2.05, 4.69) is 36.2 Å². The third-order valence-corrected chi connectivity index (χ3v) is 4.58. The Kier molecular flexibility index (Phi) is 6.19. The molecule has 4 rings (SSSR count). The number of nitriles is 1. The Balaban J connectivity index is 1.74. The minimum Gasteiger partial charge on any atom is -0.506 e. The minimum atomic E-state index is -0.748. The molecular weight excluding hydrogens is 454 g/mol. The highest BCUT2D eigenvalue weighted by atomic mass is 16.6. The molecule has 0 saturated heterocycles. The molecule has 0 bridgehead atoms. The number of anilines is 2. The van der Waals surface area contributed by atoms with Crippen LogP contribution in [0.25, 0.3) is 16.7 Å². The maximum Gasteiger partial charge on any atom is 0.411 e. The molecule has 2 aromatic heterocycles. The van der Waals surface area contributed by atoms with E-state index in [1.807, 2.05) is 6.07 Å². The van der Waals surface area contributed by atoms with Crippen LogP contribution in [0.5, 0.6) is 5.75 Å². The van der Waals surface area contributed by atoms with Crippen molar-refractivity contribution in [1.29, 1.82) is 5.26 Å². The highest BCUT2D eigenvalue weighted by Gasteiger charge is 2.15. The van der Waals surface area contributed by atoms with Gasteiger partial charge in [0.05, 0.1) is 34.9 Å². The fourth-order valence-electron chi connectivity index (χ4n) is 3.14. The zero-order chi connectivity index (χ0) is 25.1. The van der Waals surface area contributed by atoms with Crippen LogP contribution in [0.4, 0.5) is 27.5 Å². The number of phenols is 1. The number of amides is 2. The summed E-state index contributed by atoms with van der Waals surface area (Å²) < 4.78 is 6.56. The summed E-state index contributed by atoms with van der Waals surface area (Å²) in [5.74, 6) is -0.684. The lowest BCUT2D eigenvalue weighted by Gasteiger charge is -2.13. The first kappa shape index (κ1) is 23.1. The zero-order valence-corrected chi connectivity index (χ0v) is 18.8. The molecular formula is C22H19N9O4. The zero-order valence-electron chi connectivity index (χ0n) is 18.8. The number of aromatic nitrogens is 4. The molecule has 0 aliphatic carbocycles.